The van der Waals surface area contributed by atoms with Crippen LogP contribution in [0.2, 0.25) is 0 Å². The van der Waals surface area contributed by atoms with Crippen molar-refractivity contribution in [1.29, 1.82) is 0 Å². The Morgan fingerprint density at radius 2 is 1.50 bits per heavy atom. The number of benzene rings is 2. The maximum Gasteiger partial charge on any atom is 0.233 e. The van der Waals surface area contributed by atoms with Crippen LogP contribution in [0, 0.1) is 11.8 Å². The van der Waals surface area contributed by atoms with Gasteiger partial charge in [0.15, 0.2) is 0 Å². The highest BCUT2D eigenvalue weighted by molar-refractivity contribution is 6.05. The number of nitrogens with zero attached hydrogens (tertiary/aromatic N) is 1. The first-order valence-electron chi connectivity index (χ1n) is 7.72. The number of fused-ring (bicyclic) bond motifs is 2. The Labute approximate surface area is 129 Å². The molecule has 3 heteroatoms. The van der Waals surface area contributed by atoms with E-state index in [-0.39, 0.29) is 23.7 Å². The predicted octanol–water partition coefficient (Wildman–Crippen LogP) is 3.29. The molecule has 3 nitrogen and oxygen atoms in total. The maximum absolute atomic E-state index is 12.6. The lowest BCUT2D eigenvalue weighted by molar-refractivity contribution is -0.140. The van der Waals surface area contributed by atoms with E-state index in [1.807, 2.05) is 42.5 Å². The van der Waals surface area contributed by atoms with Gasteiger partial charge in [-0.1, -0.05) is 54.6 Å². The molecule has 2 aliphatic rings. The molecular formula is C19H17NO2. The molecule has 1 aliphatic carbocycles. The van der Waals surface area contributed by atoms with Crippen molar-refractivity contribution in [2.24, 2.45) is 11.8 Å². The van der Waals surface area contributed by atoms with Gasteiger partial charge in [0.2, 0.25) is 11.8 Å². The molecule has 0 radical (unpaired) electrons. The zero-order valence-corrected chi connectivity index (χ0v) is 12.2. The molecule has 110 valence electrons. The molecule has 1 heterocycles. The highest BCUT2D eigenvalue weighted by Crippen LogP contribution is 2.36. The molecule has 2 amide bonds. The number of imide groups is 1. The van der Waals surface area contributed by atoms with Gasteiger partial charge in [-0.2, -0.15) is 0 Å². The number of carbonyl (C=O) groups is 2. The summed E-state index contributed by atoms with van der Waals surface area (Å²) in [5, 5.41) is 2.25. The fourth-order valence-corrected chi connectivity index (χ4v) is 3.63. The SMILES string of the molecule is O=C1[C@H]2CC=CC[C@@H]2C(=O)N1Cc1cccc2ccccc12. The van der Waals surface area contributed by atoms with E-state index < -0.39 is 0 Å². The number of hydrogen-bond donors (Lipinski definition) is 0. The lowest BCUT2D eigenvalue weighted by Gasteiger charge is -2.16. The summed E-state index contributed by atoms with van der Waals surface area (Å²) in [6.45, 7) is 0.381. The molecule has 0 aromatic heterocycles. The van der Waals surface area contributed by atoms with Crippen molar-refractivity contribution in [3.8, 4) is 0 Å². The van der Waals surface area contributed by atoms with Crippen molar-refractivity contribution in [3.05, 3.63) is 60.2 Å². The largest absolute Gasteiger partial charge is 0.278 e. The van der Waals surface area contributed by atoms with Gasteiger partial charge in [-0.3, -0.25) is 14.5 Å². The zero-order valence-electron chi connectivity index (χ0n) is 12.2. The molecular weight excluding hydrogens is 274 g/mol. The Balaban J connectivity index is 1.68. The Kier molecular flexibility index (Phi) is 3.07. The topological polar surface area (TPSA) is 37.4 Å². The van der Waals surface area contributed by atoms with E-state index in [2.05, 4.69) is 12.1 Å². The van der Waals surface area contributed by atoms with Crippen molar-refractivity contribution >= 4 is 22.6 Å². The van der Waals surface area contributed by atoms with Crippen LogP contribution in [0.3, 0.4) is 0 Å². The van der Waals surface area contributed by atoms with E-state index in [1.54, 1.807) is 0 Å². The standard InChI is InChI=1S/C19H17NO2/c21-18-16-10-3-4-11-17(16)19(22)20(18)12-14-8-5-7-13-6-1-2-9-15(13)14/h1-9,16-17H,10-12H2/t16-,17-/m0/s1. The summed E-state index contributed by atoms with van der Waals surface area (Å²) in [5.74, 6) is -0.306. The lowest BCUT2D eigenvalue weighted by Crippen LogP contribution is -2.30. The molecule has 0 saturated carbocycles. The normalized spacial score (nSPS) is 24.1. The number of likely N-dealkylation sites (tertiary alicyclic amines) is 1. The maximum atomic E-state index is 12.6. The zero-order chi connectivity index (χ0) is 15.1. The van der Waals surface area contributed by atoms with Gasteiger partial charge >= 0.3 is 0 Å². The summed E-state index contributed by atoms with van der Waals surface area (Å²) in [6, 6.07) is 14.1. The Bertz CT molecular complexity index is 762. The molecule has 0 bridgehead atoms. The van der Waals surface area contributed by atoms with E-state index in [1.165, 1.54) is 4.90 Å². The monoisotopic (exact) mass is 291 g/mol. The highest BCUT2D eigenvalue weighted by Gasteiger charge is 2.46. The summed E-state index contributed by atoms with van der Waals surface area (Å²) < 4.78 is 0. The Hall–Kier alpha value is -2.42. The van der Waals surface area contributed by atoms with Gasteiger partial charge in [-0.05, 0) is 29.2 Å². The first-order valence-corrected chi connectivity index (χ1v) is 7.72. The molecule has 22 heavy (non-hydrogen) atoms. The van der Waals surface area contributed by atoms with Gasteiger partial charge in [0.05, 0.1) is 18.4 Å². The van der Waals surface area contributed by atoms with Gasteiger partial charge in [-0.15, -0.1) is 0 Å². The minimum atomic E-state index is -0.146. The fourth-order valence-electron chi connectivity index (χ4n) is 3.63. The average molecular weight is 291 g/mol. The van der Waals surface area contributed by atoms with E-state index in [4.69, 9.17) is 0 Å². The van der Waals surface area contributed by atoms with E-state index in [0.29, 0.717) is 19.4 Å². The second kappa shape index (κ2) is 5.09. The number of hydrogen-bond acceptors (Lipinski definition) is 2. The number of carbonyl (C=O) groups excluding carboxylic acids is 2. The van der Waals surface area contributed by atoms with Crippen LogP contribution in [0.15, 0.2) is 54.6 Å². The van der Waals surface area contributed by atoms with Gasteiger partial charge in [0.25, 0.3) is 0 Å². The smallest absolute Gasteiger partial charge is 0.233 e. The van der Waals surface area contributed by atoms with Crippen molar-refractivity contribution in [3.63, 3.8) is 0 Å². The molecule has 4 rings (SSSR count). The van der Waals surface area contributed by atoms with Gasteiger partial charge in [0.1, 0.15) is 0 Å². The van der Waals surface area contributed by atoms with Crippen molar-refractivity contribution in [2.75, 3.05) is 0 Å². The van der Waals surface area contributed by atoms with Crippen LogP contribution in [0.25, 0.3) is 10.8 Å². The molecule has 0 spiro atoms. The fraction of sp³-hybridized carbons (Fsp3) is 0.263. The summed E-state index contributed by atoms with van der Waals surface area (Å²) >= 11 is 0. The second-order valence-corrected chi connectivity index (χ2v) is 6.06. The molecule has 2 aromatic carbocycles. The van der Waals surface area contributed by atoms with Gasteiger partial charge in [0, 0.05) is 0 Å². The van der Waals surface area contributed by atoms with E-state index >= 15 is 0 Å². The third kappa shape index (κ3) is 1.97. The number of rotatable bonds is 2. The van der Waals surface area contributed by atoms with Crippen LogP contribution in [0.4, 0.5) is 0 Å². The van der Waals surface area contributed by atoms with Crippen LogP contribution in [-0.4, -0.2) is 16.7 Å². The third-order valence-corrected chi connectivity index (χ3v) is 4.81. The number of amides is 2. The lowest BCUT2D eigenvalue weighted by atomic mass is 9.85. The molecule has 0 N–H and O–H groups in total. The van der Waals surface area contributed by atoms with Crippen LogP contribution in [-0.2, 0) is 16.1 Å². The van der Waals surface area contributed by atoms with Gasteiger partial charge < -0.3 is 0 Å². The molecule has 2 aromatic rings. The molecule has 2 atom stereocenters. The third-order valence-electron chi connectivity index (χ3n) is 4.81. The van der Waals surface area contributed by atoms with Crippen molar-refractivity contribution < 1.29 is 9.59 Å². The summed E-state index contributed by atoms with van der Waals surface area (Å²) in [4.78, 5) is 26.6. The minimum Gasteiger partial charge on any atom is -0.278 e. The first-order chi connectivity index (χ1) is 10.8. The molecule has 0 unspecified atom stereocenters. The first kappa shape index (κ1) is 13.3. The van der Waals surface area contributed by atoms with Crippen molar-refractivity contribution in [1.82, 2.24) is 4.90 Å². The van der Waals surface area contributed by atoms with Crippen LogP contribution < -0.4 is 0 Å². The Morgan fingerprint density at radius 1 is 0.864 bits per heavy atom. The quantitative estimate of drug-likeness (QED) is 0.629. The summed E-state index contributed by atoms with van der Waals surface area (Å²) in [7, 11) is 0. The Morgan fingerprint density at radius 3 is 2.23 bits per heavy atom. The van der Waals surface area contributed by atoms with Gasteiger partial charge in [-0.25, -0.2) is 0 Å². The van der Waals surface area contributed by atoms with Crippen LogP contribution in [0.1, 0.15) is 18.4 Å². The number of allylic oxidation sites excluding steroid dienone is 2. The second-order valence-electron chi connectivity index (χ2n) is 6.06. The molecule has 1 fully saturated rings. The predicted molar refractivity (Wildman–Crippen MR) is 84.9 cm³/mol. The summed E-state index contributed by atoms with van der Waals surface area (Å²) in [6.07, 6.45) is 5.43. The summed E-state index contributed by atoms with van der Waals surface area (Å²) in [5.41, 5.74) is 1.03. The molecule has 1 aliphatic heterocycles. The highest BCUT2D eigenvalue weighted by atomic mass is 16.2. The van der Waals surface area contributed by atoms with Crippen molar-refractivity contribution in [2.45, 2.75) is 19.4 Å². The van der Waals surface area contributed by atoms with Crippen LogP contribution >= 0.6 is 0 Å². The van der Waals surface area contributed by atoms with Crippen LogP contribution in [0.5, 0.6) is 0 Å². The minimum absolute atomic E-state index is 0.00714. The average Bonchev–Trinajstić information content (AvgIpc) is 2.81. The molecule has 1 saturated heterocycles. The van der Waals surface area contributed by atoms with E-state index in [0.717, 1.165) is 16.3 Å². The van der Waals surface area contributed by atoms with E-state index in [9.17, 15) is 9.59 Å².